The summed E-state index contributed by atoms with van der Waals surface area (Å²) in [7, 11) is 0. The Morgan fingerprint density at radius 3 is 2.75 bits per heavy atom. The molecule has 0 unspecified atom stereocenters. The molecule has 124 valence electrons. The van der Waals surface area contributed by atoms with Gasteiger partial charge in [0.15, 0.2) is 0 Å². The van der Waals surface area contributed by atoms with Crippen molar-refractivity contribution in [3.05, 3.63) is 59.7 Å². The molecule has 0 fully saturated rings. The van der Waals surface area contributed by atoms with E-state index in [0.717, 1.165) is 5.75 Å². The lowest BCUT2D eigenvalue weighted by Crippen LogP contribution is -2.32. The van der Waals surface area contributed by atoms with Crippen LogP contribution in [0.15, 0.2) is 48.5 Å². The summed E-state index contributed by atoms with van der Waals surface area (Å²) in [6.45, 7) is 5.03. The molecule has 24 heavy (non-hydrogen) atoms. The molecule has 0 spiro atoms. The zero-order chi connectivity index (χ0) is 17.4. The Labute approximate surface area is 142 Å². The van der Waals surface area contributed by atoms with Gasteiger partial charge in [-0.15, -0.1) is 0 Å². The average Bonchev–Trinajstić information content (AvgIpc) is 2.59. The molecule has 5 heteroatoms. The molecule has 0 bridgehead atoms. The third kappa shape index (κ3) is 5.33. The summed E-state index contributed by atoms with van der Waals surface area (Å²) >= 11 is 0. The Morgan fingerprint density at radius 1 is 1.21 bits per heavy atom. The second kappa shape index (κ2) is 8.59. The number of nitrogens with one attached hydrogen (secondary N) is 2. The van der Waals surface area contributed by atoms with Crippen molar-refractivity contribution in [2.75, 3.05) is 18.5 Å². The number of carbonyl (C=O) groups is 1. The Hall–Kier alpha value is -3.00. The number of nitrogens with zero attached hydrogens (tertiary/aromatic N) is 1. The molecule has 2 amide bonds. The highest BCUT2D eigenvalue weighted by atomic mass is 16.5. The van der Waals surface area contributed by atoms with Crippen LogP contribution < -0.4 is 15.4 Å². The minimum atomic E-state index is -0.329. The van der Waals surface area contributed by atoms with Crippen LogP contribution in [0.25, 0.3) is 0 Å². The standard InChI is InChI=1S/C19H21N3O2/c1-14(2)16-6-4-8-18(12-16)24-10-9-21-19(23)22-17-7-3-5-15(11-17)13-20/h3-8,11-12,14H,9-10H2,1-2H3,(H2,21,22,23). The van der Waals surface area contributed by atoms with Crippen LogP contribution in [0.1, 0.15) is 30.9 Å². The fourth-order valence-corrected chi connectivity index (χ4v) is 2.14. The Bertz CT molecular complexity index is 735. The van der Waals surface area contributed by atoms with E-state index in [4.69, 9.17) is 10.00 Å². The quantitative estimate of drug-likeness (QED) is 0.792. The van der Waals surface area contributed by atoms with Crippen LogP contribution in [-0.2, 0) is 0 Å². The zero-order valence-corrected chi connectivity index (χ0v) is 13.9. The van der Waals surface area contributed by atoms with E-state index in [2.05, 4.69) is 30.5 Å². The first kappa shape index (κ1) is 17.4. The molecule has 0 aliphatic rings. The summed E-state index contributed by atoms with van der Waals surface area (Å²) in [6, 6.07) is 16.4. The first-order chi connectivity index (χ1) is 11.6. The fourth-order valence-electron chi connectivity index (χ4n) is 2.14. The molecular formula is C19H21N3O2. The molecule has 0 saturated carbocycles. The van der Waals surface area contributed by atoms with Gasteiger partial charge in [0.25, 0.3) is 0 Å². The lowest BCUT2D eigenvalue weighted by Gasteiger charge is -2.11. The van der Waals surface area contributed by atoms with Crippen molar-refractivity contribution in [3.63, 3.8) is 0 Å². The summed E-state index contributed by atoms with van der Waals surface area (Å²) in [6.07, 6.45) is 0. The number of benzene rings is 2. The first-order valence-corrected chi connectivity index (χ1v) is 7.86. The average molecular weight is 323 g/mol. The molecule has 0 radical (unpaired) electrons. The normalized spacial score (nSPS) is 10.1. The highest BCUT2D eigenvalue weighted by Crippen LogP contribution is 2.19. The smallest absolute Gasteiger partial charge is 0.319 e. The van der Waals surface area contributed by atoms with Crippen molar-refractivity contribution in [2.45, 2.75) is 19.8 Å². The Morgan fingerprint density at radius 2 is 2.00 bits per heavy atom. The molecule has 0 atom stereocenters. The maximum Gasteiger partial charge on any atom is 0.319 e. The van der Waals surface area contributed by atoms with E-state index in [9.17, 15) is 4.79 Å². The maximum absolute atomic E-state index is 11.8. The Kier molecular flexibility index (Phi) is 6.21. The fraction of sp³-hybridized carbons (Fsp3) is 0.263. The summed E-state index contributed by atoms with van der Waals surface area (Å²) in [4.78, 5) is 11.8. The minimum Gasteiger partial charge on any atom is -0.492 e. The molecule has 2 rings (SSSR count). The van der Waals surface area contributed by atoms with Crippen LogP contribution in [0.4, 0.5) is 10.5 Å². The van der Waals surface area contributed by atoms with Crippen LogP contribution in [0.3, 0.4) is 0 Å². The number of rotatable bonds is 6. The largest absolute Gasteiger partial charge is 0.492 e. The van der Waals surface area contributed by atoms with Gasteiger partial charge in [-0.1, -0.05) is 32.0 Å². The van der Waals surface area contributed by atoms with Crippen molar-refractivity contribution in [1.29, 1.82) is 5.26 Å². The minimum absolute atomic E-state index is 0.329. The van der Waals surface area contributed by atoms with Gasteiger partial charge in [0.2, 0.25) is 0 Å². The third-order valence-electron chi connectivity index (χ3n) is 3.43. The predicted molar refractivity (Wildman–Crippen MR) is 94.2 cm³/mol. The van der Waals surface area contributed by atoms with Gasteiger partial charge in [-0.2, -0.15) is 5.26 Å². The molecule has 2 aromatic rings. The second-order valence-corrected chi connectivity index (χ2v) is 5.65. The van der Waals surface area contributed by atoms with Gasteiger partial charge >= 0.3 is 6.03 Å². The van der Waals surface area contributed by atoms with Crippen LogP contribution in [-0.4, -0.2) is 19.2 Å². The van der Waals surface area contributed by atoms with Crippen molar-refractivity contribution in [3.8, 4) is 11.8 Å². The van der Waals surface area contributed by atoms with Crippen molar-refractivity contribution >= 4 is 11.7 Å². The highest BCUT2D eigenvalue weighted by molar-refractivity contribution is 5.89. The number of ether oxygens (including phenoxy) is 1. The van der Waals surface area contributed by atoms with Crippen LogP contribution in [0.2, 0.25) is 0 Å². The number of nitriles is 1. The van der Waals surface area contributed by atoms with Crippen molar-refractivity contribution < 1.29 is 9.53 Å². The van der Waals surface area contributed by atoms with E-state index in [0.29, 0.717) is 30.3 Å². The summed E-state index contributed by atoms with van der Waals surface area (Å²) < 4.78 is 5.65. The van der Waals surface area contributed by atoms with E-state index in [-0.39, 0.29) is 6.03 Å². The lowest BCUT2D eigenvalue weighted by atomic mass is 10.0. The SMILES string of the molecule is CC(C)c1cccc(OCCNC(=O)Nc2cccc(C#N)c2)c1. The van der Waals surface area contributed by atoms with Crippen molar-refractivity contribution in [2.24, 2.45) is 0 Å². The maximum atomic E-state index is 11.8. The predicted octanol–water partition coefficient (Wildman–Crippen LogP) is 3.88. The number of urea groups is 1. The monoisotopic (exact) mass is 323 g/mol. The Balaban J connectivity index is 1.75. The third-order valence-corrected chi connectivity index (χ3v) is 3.43. The van der Waals surface area contributed by atoms with E-state index in [1.165, 1.54) is 5.56 Å². The van der Waals surface area contributed by atoms with Gasteiger partial charge < -0.3 is 15.4 Å². The summed E-state index contributed by atoms with van der Waals surface area (Å²) in [5, 5.41) is 14.2. The topological polar surface area (TPSA) is 74.2 Å². The van der Waals surface area contributed by atoms with Gasteiger partial charge in [0.05, 0.1) is 18.2 Å². The molecule has 0 aromatic heterocycles. The van der Waals surface area contributed by atoms with E-state index in [1.807, 2.05) is 24.3 Å². The molecule has 0 aliphatic heterocycles. The second-order valence-electron chi connectivity index (χ2n) is 5.65. The number of hydrogen-bond acceptors (Lipinski definition) is 3. The van der Waals surface area contributed by atoms with Crippen LogP contribution in [0.5, 0.6) is 5.75 Å². The number of hydrogen-bond donors (Lipinski definition) is 2. The van der Waals surface area contributed by atoms with E-state index < -0.39 is 0 Å². The van der Waals surface area contributed by atoms with Gasteiger partial charge in [0, 0.05) is 5.69 Å². The van der Waals surface area contributed by atoms with Crippen LogP contribution in [0, 0.1) is 11.3 Å². The van der Waals surface area contributed by atoms with Crippen LogP contribution >= 0.6 is 0 Å². The molecule has 0 saturated heterocycles. The van der Waals surface area contributed by atoms with Gasteiger partial charge in [-0.05, 0) is 41.8 Å². The molecule has 2 aromatic carbocycles. The van der Waals surface area contributed by atoms with Gasteiger partial charge in [-0.25, -0.2) is 4.79 Å². The summed E-state index contributed by atoms with van der Waals surface area (Å²) in [5.41, 5.74) is 2.30. The molecule has 0 heterocycles. The van der Waals surface area contributed by atoms with Gasteiger partial charge in [-0.3, -0.25) is 0 Å². The molecule has 2 N–H and O–H groups in total. The molecular weight excluding hydrogens is 302 g/mol. The number of carbonyl (C=O) groups excluding carboxylic acids is 1. The lowest BCUT2D eigenvalue weighted by molar-refractivity contribution is 0.247. The van der Waals surface area contributed by atoms with E-state index in [1.54, 1.807) is 24.3 Å². The van der Waals surface area contributed by atoms with Crippen molar-refractivity contribution in [1.82, 2.24) is 5.32 Å². The highest BCUT2D eigenvalue weighted by Gasteiger charge is 2.03. The van der Waals surface area contributed by atoms with Gasteiger partial charge in [0.1, 0.15) is 12.4 Å². The number of anilines is 1. The zero-order valence-electron chi connectivity index (χ0n) is 13.9. The summed E-state index contributed by atoms with van der Waals surface area (Å²) in [5.74, 6) is 1.24. The van der Waals surface area contributed by atoms with E-state index >= 15 is 0 Å². The molecule has 0 aliphatic carbocycles. The first-order valence-electron chi connectivity index (χ1n) is 7.86. The molecule has 5 nitrogen and oxygen atoms in total. The number of amides is 2.